The summed E-state index contributed by atoms with van der Waals surface area (Å²) >= 11 is 0. The first kappa shape index (κ1) is 18.5. The molecule has 2 aromatic carbocycles. The van der Waals surface area contributed by atoms with Gasteiger partial charge < -0.3 is 10.5 Å². The number of rotatable bonds is 5. The van der Waals surface area contributed by atoms with Crippen LogP contribution in [0.1, 0.15) is 30.6 Å². The Kier molecular flexibility index (Phi) is 5.08. The van der Waals surface area contributed by atoms with Crippen LogP contribution in [0.4, 0.5) is 5.69 Å². The summed E-state index contributed by atoms with van der Waals surface area (Å²) in [5, 5.41) is 11.5. The Morgan fingerprint density at radius 1 is 1.00 bits per heavy atom. The minimum atomic E-state index is -0.261. The molecule has 0 aliphatic rings. The smallest absolute Gasteiger partial charge is 0.139 e. The van der Waals surface area contributed by atoms with Gasteiger partial charge in [-0.2, -0.15) is 5.26 Å². The lowest BCUT2D eigenvalue weighted by molar-refractivity contribution is 0.201. The molecule has 0 spiro atoms. The standard InChI is InChI=1S/C24H20N4O/c1-2-23(22-5-3-4-18(12-25)24(22)26)29-21-11-20(14-28-15-21)16-6-7-19-13-27-9-8-17(19)10-16/h3-11,13-15,23H,2,26H2,1H3/t23-/m0/s1. The molecule has 29 heavy (non-hydrogen) atoms. The van der Waals surface area contributed by atoms with Gasteiger partial charge in [-0.05, 0) is 41.6 Å². The van der Waals surface area contributed by atoms with Gasteiger partial charge >= 0.3 is 0 Å². The largest absolute Gasteiger partial charge is 0.484 e. The first-order valence-electron chi connectivity index (χ1n) is 9.44. The van der Waals surface area contributed by atoms with Crippen molar-refractivity contribution in [2.24, 2.45) is 0 Å². The zero-order chi connectivity index (χ0) is 20.2. The molecule has 0 fully saturated rings. The van der Waals surface area contributed by atoms with E-state index >= 15 is 0 Å². The van der Waals surface area contributed by atoms with Gasteiger partial charge in [0.1, 0.15) is 17.9 Å². The number of hydrogen-bond donors (Lipinski definition) is 1. The Morgan fingerprint density at radius 2 is 1.90 bits per heavy atom. The summed E-state index contributed by atoms with van der Waals surface area (Å²) in [7, 11) is 0. The molecule has 0 aliphatic heterocycles. The Bertz CT molecular complexity index is 1210. The molecular weight excluding hydrogens is 360 g/mol. The number of nitriles is 1. The maximum absolute atomic E-state index is 9.24. The van der Waals surface area contributed by atoms with Gasteiger partial charge in [-0.15, -0.1) is 0 Å². The highest BCUT2D eigenvalue weighted by atomic mass is 16.5. The molecule has 0 aliphatic carbocycles. The minimum Gasteiger partial charge on any atom is -0.484 e. The van der Waals surface area contributed by atoms with E-state index < -0.39 is 0 Å². The number of fused-ring (bicyclic) bond motifs is 1. The lowest BCUT2D eigenvalue weighted by Crippen LogP contribution is -2.10. The van der Waals surface area contributed by atoms with Crippen LogP contribution in [0.25, 0.3) is 21.9 Å². The van der Waals surface area contributed by atoms with E-state index in [4.69, 9.17) is 10.5 Å². The quantitative estimate of drug-likeness (QED) is 0.476. The third-order valence-corrected chi connectivity index (χ3v) is 4.94. The summed E-state index contributed by atoms with van der Waals surface area (Å²) < 4.78 is 6.22. The van der Waals surface area contributed by atoms with E-state index in [0.29, 0.717) is 23.4 Å². The minimum absolute atomic E-state index is 0.261. The van der Waals surface area contributed by atoms with Gasteiger partial charge in [0, 0.05) is 35.1 Å². The molecule has 0 radical (unpaired) electrons. The highest BCUT2D eigenvalue weighted by Crippen LogP contribution is 2.32. The fourth-order valence-electron chi connectivity index (χ4n) is 3.40. The molecule has 0 saturated heterocycles. The van der Waals surface area contributed by atoms with E-state index in [1.807, 2.05) is 49.6 Å². The van der Waals surface area contributed by atoms with Gasteiger partial charge in [-0.3, -0.25) is 9.97 Å². The molecule has 4 rings (SSSR count). The number of nitrogens with two attached hydrogens (primary N) is 1. The second-order valence-electron chi connectivity index (χ2n) is 6.78. The first-order valence-corrected chi connectivity index (χ1v) is 9.44. The number of para-hydroxylation sites is 1. The number of nitrogen functional groups attached to an aromatic ring is 1. The van der Waals surface area contributed by atoms with Gasteiger partial charge in [0.05, 0.1) is 17.4 Å². The van der Waals surface area contributed by atoms with Crippen molar-refractivity contribution in [3.05, 3.63) is 84.4 Å². The van der Waals surface area contributed by atoms with E-state index in [-0.39, 0.29) is 6.10 Å². The van der Waals surface area contributed by atoms with Gasteiger partial charge in [-0.25, -0.2) is 0 Å². The van der Waals surface area contributed by atoms with Crippen molar-refractivity contribution >= 4 is 16.5 Å². The summed E-state index contributed by atoms with van der Waals surface area (Å²) in [5.74, 6) is 0.658. The Morgan fingerprint density at radius 3 is 2.72 bits per heavy atom. The normalized spacial score (nSPS) is 11.7. The molecule has 2 heterocycles. The molecule has 0 unspecified atom stereocenters. The summed E-state index contributed by atoms with van der Waals surface area (Å²) in [6.45, 7) is 2.03. The monoisotopic (exact) mass is 380 g/mol. The number of pyridine rings is 2. The number of aromatic nitrogens is 2. The third kappa shape index (κ3) is 3.74. The van der Waals surface area contributed by atoms with Crippen molar-refractivity contribution in [3.63, 3.8) is 0 Å². The molecule has 0 amide bonds. The van der Waals surface area contributed by atoms with Crippen molar-refractivity contribution in [2.75, 3.05) is 5.73 Å². The molecule has 0 saturated carbocycles. The van der Waals surface area contributed by atoms with Crippen molar-refractivity contribution in [1.82, 2.24) is 9.97 Å². The molecule has 2 aromatic heterocycles. The zero-order valence-corrected chi connectivity index (χ0v) is 16.0. The molecule has 2 N–H and O–H groups in total. The number of nitrogens with zero attached hydrogens (tertiary/aromatic N) is 3. The van der Waals surface area contributed by atoms with Gasteiger partial charge in [0.25, 0.3) is 0 Å². The summed E-state index contributed by atoms with van der Waals surface area (Å²) in [6, 6.07) is 17.7. The van der Waals surface area contributed by atoms with Gasteiger partial charge in [0.2, 0.25) is 0 Å². The van der Waals surface area contributed by atoms with Crippen LogP contribution >= 0.6 is 0 Å². The molecule has 4 aromatic rings. The highest BCUT2D eigenvalue weighted by molar-refractivity contribution is 5.86. The molecule has 142 valence electrons. The Labute approximate surface area is 169 Å². The molecular formula is C24H20N4O. The fourth-order valence-corrected chi connectivity index (χ4v) is 3.40. The number of ether oxygens (including phenoxy) is 1. The van der Waals surface area contributed by atoms with Crippen LogP contribution in [0.5, 0.6) is 5.75 Å². The lowest BCUT2D eigenvalue weighted by Gasteiger charge is -2.20. The second kappa shape index (κ2) is 7.99. The highest BCUT2D eigenvalue weighted by Gasteiger charge is 2.17. The van der Waals surface area contributed by atoms with E-state index in [1.54, 1.807) is 18.5 Å². The first-order chi connectivity index (χ1) is 14.2. The van der Waals surface area contributed by atoms with Crippen LogP contribution in [0.2, 0.25) is 0 Å². The molecule has 0 bridgehead atoms. The number of benzene rings is 2. The third-order valence-electron chi connectivity index (χ3n) is 4.94. The summed E-state index contributed by atoms with van der Waals surface area (Å²) in [5.41, 5.74) is 9.94. The fraction of sp³-hybridized carbons (Fsp3) is 0.125. The Balaban J connectivity index is 1.65. The predicted octanol–water partition coefficient (Wildman–Crippen LogP) is 5.28. The van der Waals surface area contributed by atoms with Gasteiger partial charge in [0.15, 0.2) is 0 Å². The average Bonchev–Trinajstić information content (AvgIpc) is 2.78. The topological polar surface area (TPSA) is 84.8 Å². The van der Waals surface area contributed by atoms with Crippen LogP contribution < -0.4 is 10.5 Å². The number of hydrogen-bond acceptors (Lipinski definition) is 5. The van der Waals surface area contributed by atoms with Gasteiger partial charge in [-0.1, -0.05) is 31.2 Å². The van der Waals surface area contributed by atoms with Crippen molar-refractivity contribution in [3.8, 4) is 22.9 Å². The molecule has 1 atom stereocenters. The lowest BCUT2D eigenvalue weighted by atomic mass is 10.0. The van der Waals surface area contributed by atoms with E-state index in [2.05, 4.69) is 28.2 Å². The maximum atomic E-state index is 9.24. The number of anilines is 1. The molecule has 5 heteroatoms. The van der Waals surface area contributed by atoms with E-state index in [1.165, 1.54) is 0 Å². The van der Waals surface area contributed by atoms with Crippen LogP contribution in [0, 0.1) is 11.3 Å². The summed E-state index contributed by atoms with van der Waals surface area (Å²) in [6.07, 6.45) is 7.61. The average molecular weight is 380 g/mol. The predicted molar refractivity (Wildman–Crippen MR) is 114 cm³/mol. The Hall–Kier alpha value is -3.91. The SMILES string of the molecule is CC[C@H](Oc1cncc(-c2ccc3cnccc3c2)c1)c1cccc(C#N)c1N. The summed E-state index contributed by atoms with van der Waals surface area (Å²) in [4.78, 5) is 8.51. The van der Waals surface area contributed by atoms with Crippen LogP contribution in [-0.2, 0) is 0 Å². The van der Waals surface area contributed by atoms with Crippen LogP contribution in [0.15, 0.2) is 73.3 Å². The van der Waals surface area contributed by atoms with E-state index in [0.717, 1.165) is 27.5 Å². The van der Waals surface area contributed by atoms with Crippen molar-refractivity contribution < 1.29 is 4.74 Å². The van der Waals surface area contributed by atoms with Crippen LogP contribution in [0.3, 0.4) is 0 Å². The van der Waals surface area contributed by atoms with E-state index in [9.17, 15) is 5.26 Å². The van der Waals surface area contributed by atoms with Crippen molar-refractivity contribution in [1.29, 1.82) is 5.26 Å². The van der Waals surface area contributed by atoms with Crippen LogP contribution in [-0.4, -0.2) is 9.97 Å². The zero-order valence-electron chi connectivity index (χ0n) is 16.0. The second-order valence-corrected chi connectivity index (χ2v) is 6.78. The maximum Gasteiger partial charge on any atom is 0.139 e. The van der Waals surface area contributed by atoms with Crippen molar-refractivity contribution in [2.45, 2.75) is 19.4 Å². The molecule has 5 nitrogen and oxygen atoms in total.